The first-order chi connectivity index (χ1) is 12.1. The Morgan fingerprint density at radius 1 is 1.48 bits per heavy atom. The lowest BCUT2D eigenvalue weighted by molar-refractivity contribution is -0.674. The van der Waals surface area contributed by atoms with Gasteiger partial charge in [-0.05, 0) is 19.1 Å². The molecule has 0 spiro atoms. The Morgan fingerprint density at radius 3 is 2.92 bits per heavy atom. The molecule has 6 heteroatoms. The number of carbonyl (C=O) groups excluding carboxylic acids is 1. The minimum absolute atomic E-state index is 0.0146. The van der Waals surface area contributed by atoms with Crippen LogP contribution in [0, 0.1) is 0 Å². The fraction of sp³-hybridized carbons (Fsp3) is 0.368. The first kappa shape index (κ1) is 17.7. The highest BCUT2D eigenvalue weighted by Gasteiger charge is 2.22. The van der Waals surface area contributed by atoms with Gasteiger partial charge in [-0.1, -0.05) is 22.5 Å². The Labute approximate surface area is 155 Å². The lowest BCUT2D eigenvalue weighted by Gasteiger charge is -2.30. The Bertz CT molecular complexity index is 804. The van der Waals surface area contributed by atoms with Crippen molar-refractivity contribution in [1.29, 1.82) is 0 Å². The average Bonchev–Trinajstić information content (AvgIpc) is 2.97. The van der Waals surface area contributed by atoms with Gasteiger partial charge in [0.1, 0.15) is 12.6 Å². The quantitative estimate of drug-likeness (QED) is 0.432. The molecule has 0 unspecified atom stereocenters. The number of piperidine rings is 1. The van der Waals surface area contributed by atoms with E-state index < -0.39 is 0 Å². The molecule has 5 nitrogen and oxygen atoms in total. The summed E-state index contributed by atoms with van der Waals surface area (Å²) in [6, 6.07) is 6.02. The molecule has 25 heavy (non-hydrogen) atoms. The zero-order valence-corrected chi connectivity index (χ0v) is 15.9. The molecule has 1 aromatic heterocycles. The van der Waals surface area contributed by atoms with E-state index in [1.165, 1.54) is 6.08 Å². The summed E-state index contributed by atoms with van der Waals surface area (Å²) in [5, 5.41) is 0. The van der Waals surface area contributed by atoms with Crippen LogP contribution in [0.3, 0.4) is 0 Å². The number of ether oxygens (including phenoxy) is 1. The van der Waals surface area contributed by atoms with Crippen LogP contribution < -0.4 is 4.57 Å². The van der Waals surface area contributed by atoms with Crippen molar-refractivity contribution in [3.63, 3.8) is 0 Å². The van der Waals surface area contributed by atoms with E-state index in [9.17, 15) is 4.79 Å². The Morgan fingerprint density at radius 2 is 2.24 bits per heavy atom. The summed E-state index contributed by atoms with van der Waals surface area (Å²) in [4.78, 5) is 13.5. The monoisotopic (exact) mass is 405 g/mol. The van der Waals surface area contributed by atoms with Crippen LogP contribution in [0.25, 0.3) is 17.2 Å². The van der Waals surface area contributed by atoms with Gasteiger partial charge in [0.05, 0.1) is 6.08 Å². The number of benzene rings is 1. The molecule has 2 aromatic rings. The zero-order chi connectivity index (χ0) is 17.8. The van der Waals surface area contributed by atoms with Gasteiger partial charge in [-0.2, -0.15) is 4.57 Å². The summed E-state index contributed by atoms with van der Waals surface area (Å²) >= 11 is 3.51. The average molecular weight is 406 g/mol. The van der Waals surface area contributed by atoms with Gasteiger partial charge >= 0.3 is 11.9 Å². The van der Waals surface area contributed by atoms with Gasteiger partial charge in [0.15, 0.2) is 0 Å². The second-order valence-electron chi connectivity index (χ2n) is 5.99. The van der Waals surface area contributed by atoms with E-state index in [0.717, 1.165) is 53.9 Å². The number of aryl methyl sites for hydroxylation is 1. The van der Waals surface area contributed by atoms with Crippen LogP contribution in [0.2, 0.25) is 0 Å². The minimum atomic E-state index is -0.341. The smallest absolute Gasteiger partial charge is 0.375 e. The summed E-state index contributed by atoms with van der Waals surface area (Å²) in [5.41, 5.74) is 1.95. The number of esters is 1. The lowest BCUT2D eigenvalue weighted by Crippen LogP contribution is -2.35. The molecule has 2 heterocycles. The van der Waals surface area contributed by atoms with E-state index in [4.69, 9.17) is 9.15 Å². The van der Waals surface area contributed by atoms with Crippen molar-refractivity contribution in [1.82, 2.24) is 4.90 Å². The van der Waals surface area contributed by atoms with Gasteiger partial charge in [0.2, 0.25) is 5.58 Å². The van der Waals surface area contributed by atoms with Gasteiger partial charge in [-0.3, -0.25) is 0 Å². The molecular weight excluding hydrogens is 384 g/mol. The maximum absolute atomic E-state index is 11.3. The maximum atomic E-state index is 11.3. The molecule has 0 saturated carbocycles. The van der Waals surface area contributed by atoms with Crippen molar-refractivity contribution in [2.45, 2.75) is 32.4 Å². The number of aromatic nitrogens is 1. The third-order valence-electron chi connectivity index (χ3n) is 4.36. The fourth-order valence-corrected chi connectivity index (χ4v) is 3.40. The van der Waals surface area contributed by atoms with Crippen LogP contribution in [0.1, 0.15) is 25.7 Å². The number of fused-ring (bicyclic) bond motifs is 1. The van der Waals surface area contributed by atoms with Crippen LogP contribution in [0.15, 0.2) is 45.9 Å². The second-order valence-corrected chi connectivity index (χ2v) is 6.90. The summed E-state index contributed by atoms with van der Waals surface area (Å²) in [6.07, 6.45) is 6.92. The molecule has 0 N–H and O–H groups in total. The normalized spacial score (nSPS) is 15.8. The summed E-state index contributed by atoms with van der Waals surface area (Å²) in [6.45, 7) is 8.07. The minimum Gasteiger partial charge on any atom is -0.459 e. The number of likely N-dealkylation sites (tertiary alicyclic amines) is 1. The highest BCUT2D eigenvalue weighted by molar-refractivity contribution is 9.10. The van der Waals surface area contributed by atoms with E-state index in [1.807, 2.05) is 18.2 Å². The standard InChI is InChI=1S/C19H22BrN2O3/c1-3-19(23)24-15-7-10-21(11-8-15)12-9-18-22(4-2)16-13-14(20)5-6-17(16)25-18/h3,5-6,9,12-13,15H,1,4,7-8,10-11H2,2H3/q+1. The summed E-state index contributed by atoms with van der Waals surface area (Å²) in [5.74, 6) is 0.488. The van der Waals surface area contributed by atoms with E-state index in [1.54, 1.807) is 0 Å². The van der Waals surface area contributed by atoms with E-state index in [-0.39, 0.29) is 12.1 Å². The predicted molar refractivity (Wildman–Crippen MR) is 99.7 cm³/mol. The fourth-order valence-electron chi connectivity index (χ4n) is 3.05. The van der Waals surface area contributed by atoms with Crippen molar-refractivity contribution < 1.29 is 18.5 Å². The van der Waals surface area contributed by atoms with Crippen molar-refractivity contribution in [3.8, 4) is 0 Å². The number of oxazole rings is 1. The number of rotatable bonds is 5. The SMILES string of the molecule is C=CC(=O)OC1CCN(C=Cc2oc3ccc(Br)cc3[n+]2CC)CC1. The van der Waals surface area contributed by atoms with Crippen LogP contribution in [-0.2, 0) is 16.1 Å². The molecule has 1 fully saturated rings. The summed E-state index contributed by atoms with van der Waals surface area (Å²) in [7, 11) is 0. The molecule has 132 valence electrons. The molecule has 1 aromatic carbocycles. The Balaban J connectivity index is 1.68. The predicted octanol–water partition coefficient (Wildman–Crippen LogP) is 3.67. The second kappa shape index (κ2) is 7.87. The van der Waals surface area contributed by atoms with E-state index >= 15 is 0 Å². The molecule has 0 aliphatic carbocycles. The Kier molecular flexibility index (Phi) is 5.58. The van der Waals surface area contributed by atoms with Crippen LogP contribution >= 0.6 is 15.9 Å². The van der Waals surface area contributed by atoms with Crippen molar-refractivity contribution in [3.05, 3.63) is 47.4 Å². The molecule has 0 radical (unpaired) electrons. The first-order valence-electron chi connectivity index (χ1n) is 8.48. The molecule has 0 bridgehead atoms. The van der Waals surface area contributed by atoms with Crippen LogP contribution in [-0.4, -0.2) is 30.1 Å². The third-order valence-corrected chi connectivity index (χ3v) is 4.86. The van der Waals surface area contributed by atoms with E-state index in [0.29, 0.717) is 0 Å². The third kappa shape index (κ3) is 4.12. The van der Waals surface area contributed by atoms with Crippen molar-refractivity contribution in [2.75, 3.05) is 13.1 Å². The summed E-state index contributed by atoms with van der Waals surface area (Å²) < 4.78 is 14.5. The van der Waals surface area contributed by atoms with Gasteiger partial charge in [-0.25, -0.2) is 4.79 Å². The lowest BCUT2D eigenvalue weighted by atomic mass is 10.1. The number of hydrogen-bond acceptors (Lipinski definition) is 4. The Hall–Kier alpha value is -2.08. The van der Waals surface area contributed by atoms with Crippen LogP contribution in [0.5, 0.6) is 0 Å². The molecular formula is C19H22BrN2O3+. The van der Waals surface area contributed by atoms with Gasteiger partial charge in [0, 0.05) is 48.7 Å². The van der Waals surface area contributed by atoms with Crippen LogP contribution in [0.4, 0.5) is 0 Å². The number of nitrogens with zero attached hydrogens (tertiary/aromatic N) is 2. The maximum Gasteiger partial charge on any atom is 0.375 e. The van der Waals surface area contributed by atoms with Gasteiger partial charge in [-0.15, -0.1) is 0 Å². The first-order valence-corrected chi connectivity index (χ1v) is 9.27. The molecule has 3 rings (SSSR count). The molecule has 0 amide bonds. The van der Waals surface area contributed by atoms with Crippen molar-refractivity contribution in [2.24, 2.45) is 0 Å². The topological polar surface area (TPSA) is 46.6 Å². The molecule has 0 atom stereocenters. The number of halogens is 1. The largest absolute Gasteiger partial charge is 0.459 e. The van der Waals surface area contributed by atoms with Crippen molar-refractivity contribution >= 4 is 39.1 Å². The molecule has 1 aliphatic heterocycles. The molecule has 1 saturated heterocycles. The number of hydrogen-bond donors (Lipinski definition) is 0. The van der Waals surface area contributed by atoms with Gasteiger partial charge < -0.3 is 14.1 Å². The molecule has 1 aliphatic rings. The number of carbonyl (C=O) groups is 1. The zero-order valence-electron chi connectivity index (χ0n) is 14.3. The van der Waals surface area contributed by atoms with E-state index in [2.05, 4.69) is 51.2 Å². The highest BCUT2D eigenvalue weighted by Crippen LogP contribution is 2.20. The van der Waals surface area contributed by atoms with Gasteiger partial charge in [0.25, 0.3) is 5.52 Å². The highest BCUT2D eigenvalue weighted by atomic mass is 79.9.